The molecule has 0 aliphatic carbocycles. The number of sulfone groups is 1. The highest BCUT2D eigenvalue weighted by molar-refractivity contribution is 7.91. The van der Waals surface area contributed by atoms with Gasteiger partial charge in [-0.3, -0.25) is 10.1 Å². The number of ether oxygens (including phenoxy) is 2. The Bertz CT molecular complexity index is 1360. The normalized spacial score (nSPS) is 11.7. The monoisotopic (exact) mass is 512 g/mol. The number of anilines is 1. The predicted octanol–water partition coefficient (Wildman–Crippen LogP) is 4.03. The summed E-state index contributed by atoms with van der Waals surface area (Å²) in [7, 11) is -3.66. The molecule has 9 nitrogen and oxygen atoms in total. The van der Waals surface area contributed by atoms with E-state index >= 15 is 0 Å². The topological polar surface area (TPSA) is 131 Å². The molecular formula is C24H24N4O5S2. The van der Waals surface area contributed by atoms with Gasteiger partial charge in [0, 0.05) is 11.5 Å². The summed E-state index contributed by atoms with van der Waals surface area (Å²) in [5.41, 5.74) is 1.55. The van der Waals surface area contributed by atoms with Crippen molar-refractivity contribution in [3.8, 4) is 17.6 Å². The molecule has 0 aliphatic rings. The van der Waals surface area contributed by atoms with E-state index in [1.54, 1.807) is 24.3 Å². The van der Waals surface area contributed by atoms with E-state index in [-0.39, 0.29) is 15.9 Å². The van der Waals surface area contributed by atoms with Crippen LogP contribution in [0.3, 0.4) is 0 Å². The zero-order valence-corrected chi connectivity index (χ0v) is 21.0. The van der Waals surface area contributed by atoms with E-state index in [4.69, 9.17) is 9.47 Å². The number of carbonyl (C=O) groups excluding carboxylic acids is 1. The van der Waals surface area contributed by atoms with Crippen LogP contribution < -0.4 is 14.8 Å². The molecule has 0 spiro atoms. The third-order valence-corrected chi connectivity index (χ3v) is 7.35. The van der Waals surface area contributed by atoms with Crippen molar-refractivity contribution in [3.05, 3.63) is 65.2 Å². The first kappa shape index (κ1) is 25.9. The highest BCUT2D eigenvalue weighted by Gasteiger charge is 2.25. The number of carbonyl (C=O) groups is 1. The number of aromatic nitrogens is 2. The van der Waals surface area contributed by atoms with Crippen molar-refractivity contribution >= 4 is 38.5 Å². The summed E-state index contributed by atoms with van der Waals surface area (Å²) >= 11 is 0.731. The minimum absolute atomic E-state index is 0.00740. The Morgan fingerprint density at radius 3 is 2.46 bits per heavy atom. The van der Waals surface area contributed by atoms with Gasteiger partial charge in [0.1, 0.15) is 36.4 Å². The van der Waals surface area contributed by atoms with Crippen LogP contribution in [0, 0.1) is 18.3 Å². The summed E-state index contributed by atoms with van der Waals surface area (Å²) in [6, 6.07) is 16.4. The Hall–Kier alpha value is -3.75. The van der Waals surface area contributed by atoms with E-state index < -0.39 is 21.0 Å². The average Bonchev–Trinajstić information content (AvgIpc) is 3.30. The van der Waals surface area contributed by atoms with E-state index in [2.05, 4.69) is 14.7 Å². The number of nitrogens with zero attached hydrogens (tertiary/aromatic N) is 3. The molecule has 0 atom stereocenters. The maximum Gasteiger partial charge on any atom is 0.268 e. The third-order valence-electron chi connectivity index (χ3n) is 4.67. The first-order chi connectivity index (χ1) is 16.7. The van der Waals surface area contributed by atoms with Gasteiger partial charge in [0.05, 0.1) is 5.25 Å². The van der Waals surface area contributed by atoms with Crippen molar-refractivity contribution in [2.24, 2.45) is 0 Å². The van der Waals surface area contributed by atoms with Gasteiger partial charge in [0.2, 0.25) is 15.0 Å². The van der Waals surface area contributed by atoms with E-state index in [1.165, 1.54) is 19.9 Å². The Morgan fingerprint density at radius 1 is 1.14 bits per heavy atom. The van der Waals surface area contributed by atoms with Crippen LogP contribution in [0.4, 0.5) is 5.13 Å². The third kappa shape index (κ3) is 7.11. The minimum Gasteiger partial charge on any atom is -0.490 e. The molecule has 11 heteroatoms. The Kier molecular flexibility index (Phi) is 8.57. The SMILES string of the molecule is Cc1cccc(OCCOc2ccc(/C=C(/C#N)C(=O)Nc3nc(S(=O)(=O)C(C)C)ns3)cc2)c1. The maximum absolute atomic E-state index is 12.5. The standard InChI is InChI=1S/C24H24N4O5S2/c1-16(2)35(30,31)24-27-23(34-28-24)26-22(29)19(15-25)14-18-7-9-20(10-8-18)32-11-12-33-21-6-4-5-17(3)13-21/h4-10,13-14,16H,11-12H2,1-3H3,(H,26,27,28,29)/b19-14-. The van der Waals surface area contributed by atoms with Crippen LogP contribution in [0.15, 0.2) is 59.3 Å². The van der Waals surface area contributed by atoms with Gasteiger partial charge in [-0.2, -0.15) is 14.6 Å². The number of hydrogen-bond acceptors (Lipinski definition) is 9. The molecule has 0 radical (unpaired) electrons. The van der Waals surface area contributed by atoms with E-state index in [0.29, 0.717) is 24.5 Å². The Labute approximate surface area is 208 Å². The highest BCUT2D eigenvalue weighted by Crippen LogP contribution is 2.20. The molecule has 1 N–H and O–H groups in total. The molecule has 35 heavy (non-hydrogen) atoms. The number of aryl methyl sites for hydroxylation is 1. The molecule has 182 valence electrons. The zero-order chi connectivity index (χ0) is 25.4. The summed E-state index contributed by atoms with van der Waals surface area (Å²) in [5, 5.41) is 10.8. The van der Waals surface area contributed by atoms with Gasteiger partial charge in [-0.1, -0.05) is 24.3 Å². The maximum atomic E-state index is 12.5. The van der Waals surface area contributed by atoms with Crippen molar-refractivity contribution in [2.45, 2.75) is 31.2 Å². The Balaban J connectivity index is 1.56. The van der Waals surface area contributed by atoms with E-state index in [0.717, 1.165) is 22.8 Å². The summed E-state index contributed by atoms with van der Waals surface area (Å²) < 4.78 is 39.4. The molecule has 0 aliphatic heterocycles. The molecule has 0 saturated carbocycles. The lowest BCUT2D eigenvalue weighted by Crippen LogP contribution is -2.16. The van der Waals surface area contributed by atoms with Crippen LogP contribution in [0.2, 0.25) is 0 Å². The van der Waals surface area contributed by atoms with Crippen molar-refractivity contribution in [1.82, 2.24) is 9.36 Å². The largest absolute Gasteiger partial charge is 0.490 e. The van der Waals surface area contributed by atoms with Crippen LogP contribution >= 0.6 is 11.5 Å². The lowest BCUT2D eigenvalue weighted by molar-refractivity contribution is -0.112. The summed E-state index contributed by atoms with van der Waals surface area (Å²) in [6.07, 6.45) is 1.41. The number of amides is 1. The van der Waals surface area contributed by atoms with Crippen molar-refractivity contribution < 1.29 is 22.7 Å². The second-order valence-corrected chi connectivity index (χ2v) is 10.8. The van der Waals surface area contributed by atoms with E-state index in [9.17, 15) is 18.5 Å². The molecule has 2 aromatic carbocycles. The fraction of sp³-hybridized carbons (Fsp3) is 0.250. The molecule has 1 amide bonds. The molecule has 0 fully saturated rings. The lowest BCUT2D eigenvalue weighted by Gasteiger charge is -2.09. The molecule has 3 aromatic rings. The summed E-state index contributed by atoms with van der Waals surface area (Å²) in [6.45, 7) is 5.76. The van der Waals surface area contributed by atoms with Crippen LogP contribution in [-0.2, 0) is 14.6 Å². The van der Waals surface area contributed by atoms with Gasteiger partial charge < -0.3 is 9.47 Å². The second-order valence-electron chi connectivity index (χ2n) is 7.68. The summed E-state index contributed by atoms with van der Waals surface area (Å²) in [4.78, 5) is 16.3. The van der Waals surface area contributed by atoms with Gasteiger partial charge in [-0.05, 0) is 62.2 Å². The van der Waals surface area contributed by atoms with Crippen LogP contribution in [-0.4, -0.2) is 42.1 Å². The first-order valence-corrected chi connectivity index (χ1v) is 12.9. The van der Waals surface area contributed by atoms with Gasteiger partial charge in [-0.15, -0.1) is 0 Å². The number of nitrogens with one attached hydrogen (secondary N) is 1. The Morgan fingerprint density at radius 2 is 1.83 bits per heavy atom. The van der Waals surface area contributed by atoms with Gasteiger partial charge in [0.25, 0.3) is 11.1 Å². The number of benzene rings is 2. The van der Waals surface area contributed by atoms with Crippen molar-refractivity contribution in [1.29, 1.82) is 5.26 Å². The van der Waals surface area contributed by atoms with E-state index in [1.807, 2.05) is 37.3 Å². The minimum atomic E-state index is -3.66. The smallest absolute Gasteiger partial charge is 0.268 e. The molecule has 1 heterocycles. The first-order valence-electron chi connectivity index (χ1n) is 10.6. The molecule has 0 unspecified atom stereocenters. The van der Waals surface area contributed by atoms with Gasteiger partial charge >= 0.3 is 0 Å². The van der Waals surface area contributed by atoms with Crippen molar-refractivity contribution in [3.63, 3.8) is 0 Å². The van der Waals surface area contributed by atoms with Gasteiger partial charge in [-0.25, -0.2) is 8.42 Å². The van der Waals surface area contributed by atoms with Crippen LogP contribution in [0.5, 0.6) is 11.5 Å². The molecule has 0 bridgehead atoms. The predicted molar refractivity (Wildman–Crippen MR) is 133 cm³/mol. The molecule has 1 aromatic heterocycles. The fourth-order valence-corrected chi connectivity index (χ4v) is 4.45. The van der Waals surface area contributed by atoms with Crippen LogP contribution in [0.1, 0.15) is 25.0 Å². The zero-order valence-electron chi connectivity index (χ0n) is 19.4. The van der Waals surface area contributed by atoms with Crippen LogP contribution in [0.25, 0.3) is 6.08 Å². The highest BCUT2D eigenvalue weighted by atomic mass is 32.2. The number of nitriles is 1. The average molecular weight is 513 g/mol. The molecular weight excluding hydrogens is 488 g/mol. The number of hydrogen-bond donors (Lipinski definition) is 1. The second kappa shape index (κ2) is 11.6. The molecule has 3 rings (SSSR count). The quantitative estimate of drug-likeness (QED) is 0.245. The van der Waals surface area contributed by atoms with Gasteiger partial charge in [0.15, 0.2) is 0 Å². The fourth-order valence-electron chi connectivity index (χ4n) is 2.75. The summed E-state index contributed by atoms with van der Waals surface area (Å²) in [5.74, 6) is 0.680. The van der Waals surface area contributed by atoms with Crippen molar-refractivity contribution in [2.75, 3.05) is 18.5 Å². The number of rotatable bonds is 10. The molecule has 0 saturated heterocycles. The lowest BCUT2D eigenvalue weighted by atomic mass is 10.1.